The normalized spacial score (nSPS) is 11.1. The summed E-state index contributed by atoms with van der Waals surface area (Å²) in [5.74, 6) is 0. The maximum atomic E-state index is 2.38. The van der Waals surface area contributed by atoms with Crippen LogP contribution in [0.2, 0.25) is 0 Å². The number of aryl methyl sites for hydroxylation is 4. The molecule has 0 amide bonds. The molecule has 0 aliphatic carbocycles. The minimum Gasteiger partial charge on any atom is -0.311 e. The van der Waals surface area contributed by atoms with E-state index in [0.29, 0.717) is 0 Å². The molecule has 0 saturated heterocycles. The largest absolute Gasteiger partial charge is 0.311 e. The predicted octanol–water partition coefficient (Wildman–Crippen LogP) is 18.8. The Kier molecular flexibility index (Phi) is 12.2. The first-order valence-corrected chi connectivity index (χ1v) is 23.7. The van der Waals surface area contributed by atoms with Crippen molar-refractivity contribution in [3.05, 3.63) is 264 Å². The summed E-state index contributed by atoms with van der Waals surface area (Å²) in [5, 5.41) is 0. The van der Waals surface area contributed by atoms with Gasteiger partial charge in [0.15, 0.2) is 0 Å². The molecule has 0 unspecified atom stereocenters. The average Bonchev–Trinajstić information content (AvgIpc) is 3.37. The van der Waals surface area contributed by atoms with Crippen LogP contribution in [0.25, 0.3) is 55.6 Å². The summed E-state index contributed by atoms with van der Waals surface area (Å²) in [5.41, 5.74) is 27.1. The van der Waals surface area contributed by atoms with E-state index in [1.165, 1.54) is 89.0 Å². The van der Waals surface area contributed by atoms with Gasteiger partial charge in [-0.15, -0.1) is 0 Å². The number of nitrogens with zero attached hydrogens (tertiary/aromatic N) is 2. The van der Waals surface area contributed by atoms with Crippen LogP contribution < -0.4 is 9.80 Å². The maximum Gasteiger partial charge on any atom is 0.0462 e. The molecule has 0 aromatic heterocycles. The average molecular weight is 877 g/mol. The number of benzene rings is 10. The lowest BCUT2D eigenvalue weighted by atomic mass is 9.80. The first kappa shape index (κ1) is 43.7. The molecule has 0 aliphatic heterocycles. The van der Waals surface area contributed by atoms with Crippen molar-refractivity contribution in [2.75, 3.05) is 9.80 Å². The standard InChI is InChI=1S/C66H56N2/c1-45-43-47(3)65(49(5)63(45)55-31-27-51(28-32-55)53-35-39-61(40-36-53)67(57-19-11-7-12-20-57)58-21-13-8-14-22-58)66-48(4)44-46(2)64(50(66)6)56-33-29-52(30-34-56)54-37-41-62(42-38-54)68(59-23-15-9-16-24-59)60-25-17-10-18-26-60/h7-44H,1-6H3. The molecule has 0 spiro atoms. The third-order valence-electron chi connectivity index (χ3n) is 13.5. The Bertz CT molecular complexity index is 3010. The molecule has 10 aromatic carbocycles. The van der Waals surface area contributed by atoms with Crippen molar-refractivity contribution < 1.29 is 0 Å². The van der Waals surface area contributed by atoms with Gasteiger partial charge in [0.25, 0.3) is 0 Å². The van der Waals surface area contributed by atoms with Gasteiger partial charge < -0.3 is 9.80 Å². The van der Waals surface area contributed by atoms with Gasteiger partial charge in [0, 0.05) is 34.1 Å². The second-order valence-corrected chi connectivity index (χ2v) is 18.0. The SMILES string of the molecule is Cc1cc(C)c(-c2c(C)cc(C)c(-c3ccc(-c4ccc(N(c5ccccc5)c5ccccc5)cc4)cc3)c2C)c(C)c1-c1ccc(-c2ccc(N(c3ccccc3)c3ccccc3)cc2)cc1. The van der Waals surface area contributed by atoms with E-state index in [9.17, 15) is 0 Å². The van der Waals surface area contributed by atoms with Crippen LogP contribution in [0.15, 0.2) is 231 Å². The lowest BCUT2D eigenvalue weighted by Crippen LogP contribution is -2.09. The van der Waals surface area contributed by atoms with Crippen LogP contribution in [-0.2, 0) is 0 Å². The van der Waals surface area contributed by atoms with Crippen LogP contribution in [0.4, 0.5) is 34.1 Å². The van der Waals surface area contributed by atoms with Gasteiger partial charge in [0.05, 0.1) is 0 Å². The first-order valence-electron chi connectivity index (χ1n) is 23.7. The minimum absolute atomic E-state index is 1.12. The lowest BCUT2D eigenvalue weighted by Gasteiger charge is -2.25. The summed E-state index contributed by atoms with van der Waals surface area (Å²) in [7, 11) is 0. The predicted molar refractivity (Wildman–Crippen MR) is 291 cm³/mol. The third kappa shape index (κ3) is 8.54. The smallest absolute Gasteiger partial charge is 0.0462 e. The summed E-state index contributed by atoms with van der Waals surface area (Å²) in [4.78, 5) is 4.61. The molecule has 2 nitrogen and oxygen atoms in total. The summed E-state index contributed by atoms with van der Waals surface area (Å²) in [6.07, 6.45) is 0. The highest BCUT2D eigenvalue weighted by molar-refractivity contribution is 5.90. The zero-order valence-electron chi connectivity index (χ0n) is 39.8. The van der Waals surface area contributed by atoms with Crippen molar-refractivity contribution in [3.63, 3.8) is 0 Å². The van der Waals surface area contributed by atoms with E-state index >= 15 is 0 Å². The highest BCUT2D eigenvalue weighted by Crippen LogP contribution is 2.44. The molecule has 0 bridgehead atoms. The summed E-state index contributed by atoms with van der Waals surface area (Å²) >= 11 is 0. The van der Waals surface area contributed by atoms with Crippen LogP contribution in [-0.4, -0.2) is 0 Å². The third-order valence-corrected chi connectivity index (χ3v) is 13.5. The van der Waals surface area contributed by atoms with Crippen molar-refractivity contribution in [2.24, 2.45) is 0 Å². The second-order valence-electron chi connectivity index (χ2n) is 18.0. The lowest BCUT2D eigenvalue weighted by molar-refractivity contribution is 1.27. The molecule has 10 rings (SSSR count). The molecule has 10 aromatic rings. The maximum absolute atomic E-state index is 2.38. The Morgan fingerprint density at radius 3 is 0.676 bits per heavy atom. The zero-order chi connectivity index (χ0) is 46.7. The molecule has 0 radical (unpaired) electrons. The fraction of sp³-hybridized carbons (Fsp3) is 0.0909. The molecule has 0 saturated carbocycles. The van der Waals surface area contributed by atoms with Crippen LogP contribution in [0.3, 0.4) is 0 Å². The van der Waals surface area contributed by atoms with E-state index in [1.54, 1.807) is 0 Å². The van der Waals surface area contributed by atoms with Gasteiger partial charge in [0.2, 0.25) is 0 Å². The molecule has 0 aliphatic rings. The van der Waals surface area contributed by atoms with Gasteiger partial charge in [0.1, 0.15) is 0 Å². The van der Waals surface area contributed by atoms with Crippen molar-refractivity contribution in [2.45, 2.75) is 41.5 Å². The molecule has 330 valence electrons. The molecule has 0 atom stereocenters. The number of anilines is 6. The van der Waals surface area contributed by atoms with Gasteiger partial charge in [-0.05, 0) is 203 Å². The molecule has 0 heterocycles. The fourth-order valence-corrected chi connectivity index (χ4v) is 10.5. The van der Waals surface area contributed by atoms with Crippen LogP contribution in [0, 0.1) is 41.5 Å². The highest BCUT2D eigenvalue weighted by Gasteiger charge is 2.21. The van der Waals surface area contributed by atoms with E-state index in [1.807, 2.05) is 0 Å². The van der Waals surface area contributed by atoms with E-state index in [4.69, 9.17) is 0 Å². The number of hydrogen-bond donors (Lipinski definition) is 0. The van der Waals surface area contributed by atoms with E-state index in [0.717, 1.165) is 34.1 Å². The van der Waals surface area contributed by atoms with Crippen molar-refractivity contribution >= 4 is 34.1 Å². The molecule has 0 N–H and O–H groups in total. The zero-order valence-corrected chi connectivity index (χ0v) is 39.8. The van der Waals surface area contributed by atoms with E-state index < -0.39 is 0 Å². The van der Waals surface area contributed by atoms with Crippen molar-refractivity contribution in [1.29, 1.82) is 0 Å². The van der Waals surface area contributed by atoms with Gasteiger partial charge >= 0.3 is 0 Å². The monoisotopic (exact) mass is 876 g/mol. The molecular weight excluding hydrogens is 821 g/mol. The second kappa shape index (κ2) is 19.0. The molecule has 68 heavy (non-hydrogen) atoms. The number of rotatable bonds is 11. The van der Waals surface area contributed by atoms with Gasteiger partial charge in [-0.3, -0.25) is 0 Å². The highest BCUT2D eigenvalue weighted by atomic mass is 15.1. The first-order chi connectivity index (χ1) is 33.2. The van der Waals surface area contributed by atoms with Gasteiger partial charge in [-0.1, -0.05) is 158 Å². The molecule has 0 fully saturated rings. The Balaban J connectivity index is 0.931. The van der Waals surface area contributed by atoms with Crippen molar-refractivity contribution in [1.82, 2.24) is 0 Å². The fourth-order valence-electron chi connectivity index (χ4n) is 10.5. The minimum atomic E-state index is 1.12. The topological polar surface area (TPSA) is 6.48 Å². The van der Waals surface area contributed by atoms with Gasteiger partial charge in [-0.25, -0.2) is 0 Å². The number of hydrogen-bond acceptors (Lipinski definition) is 2. The Morgan fingerprint density at radius 2 is 0.412 bits per heavy atom. The van der Waals surface area contributed by atoms with Gasteiger partial charge in [-0.2, -0.15) is 0 Å². The molecule has 2 heteroatoms. The van der Waals surface area contributed by atoms with Crippen molar-refractivity contribution in [3.8, 4) is 55.6 Å². The molecular formula is C66H56N2. The van der Waals surface area contributed by atoms with E-state index in [-0.39, 0.29) is 0 Å². The van der Waals surface area contributed by atoms with Crippen LogP contribution >= 0.6 is 0 Å². The number of para-hydroxylation sites is 4. The Morgan fingerprint density at radius 1 is 0.206 bits per heavy atom. The van der Waals surface area contributed by atoms with Crippen LogP contribution in [0.5, 0.6) is 0 Å². The van der Waals surface area contributed by atoms with Crippen LogP contribution in [0.1, 0.15) is 33.4 Å². The summed E-state index contributed by atoms with van der Waals surface area (Å²) in [6.45, 7) is 13.7. The Hall–Kier alpha value is -8.20. The Labute approximate surface area is 403 Å². The summed E-state index contributed by atoms with van der Waals surface area (Å²) in [6, 6.07) is 83.2. The van der Waals surface area contributed by atoms with E-state index in [2.05, 4.69) is 282 Å². The summed E-state index contributed by atoms with van der Waals surface area (Å²) < 4.78 is 0. The quantitative estimate of drug-likeness (QED) is 0.128.